The summed E-state index contributed by atoms with van der Waals surface area (Å²) in [5, 5.41) is 12.7. The van der Waals surface area contributed by atoms with Crippen LogP contribution in [0, 0.1) is 24.7 Å². The van der Waals surface area contributed by atoms with Crippen LogP contribution in [-0.4, -0.2) is 129 Å². The number of methoxy groups -OCH3 is 1. The van der Waals surface area contributed by atoms with Crippen molar-refractivity contribution in [2.75, 3.05) is 46.8 Å². The summed E-state index contributed by atoms with van der Waals surface area (Å²) in [6, 6.07) is 0.195. The number of amides is 1. The minimum atomic E-state index is -1.20. The number of nitrogens with zero attached hydrogens (tertiary/aromatic N) is 1. The molecule has 17 nitrogen and oxygen atoms in total. The number of aromatic nitrogens is 1. The van der Waals surface area contributed by atoms with E-state index >= 15 is 0 Å². The van der Waals surface area contributed by atoms with Crippen molar-refractivity contribution in [2.45, 2.75) is 124 Å². The Kier molecular flexibility index (Phi) is 24.2. The Labute approximate surface area is 348 Å². The van der Waals surface area contributed by atoms with Gasteiger partial charge in [-0.15, -0.1) is 0 Å². The molecule has 18 heteroatoms. The minimum absolute atomic E-state index is 0. The second kappa shape index (κ2) is 27.0. The van der Waals surface area contributed by atoms with Crippen molar-refractivity contribution in [1.82, 2.24) is 10.3 Å². The molecule has 3 heterocycles. The SMILES string of the molecule is CCCCO[C@H]1COC[C@H](NC(=O)c2nccc(OC)c2O)C(=O)O[C@@H](C)[C@@H]1OC(=O)C(C)C.[CH2+][C@H]1COC[C@H](OCCCC)[C@@H](OC(=O)C(C)C)[C@H](C)OC1=O.[Cl-]. The van der Waals surface area contributed by atoms with Crippen LogP contribution < -0.4 is 22.5 Å². The van der Waals surface area contributed by atoms with Gasteiger partial charge in [-0.05, 0) is 26.7 Å². The number of hydrogen-bond donors (Lipinski definition) is 2. The summed E-state index contributed by atoms with van der Waals surface area (Å²) in [7, 11) is 1.34. The van der Waals surface area contributed by atoms with Crippen LogP contribution in [0.1, 0.15) is 91.6 Å². The molecular formula is C40H63ClN2O15. The Morgan fingerprint density at radius 2 is 1.33 bits per heavy atom. The van der Waals surface area contributed by atoms with Crippen molar-refractivity contribution in [3.63, 3.8) is 0 Å². The van der Waals surface area contributed by atoms with Crippen LogP contribution in [0.2, 0.25) is 0 Å². The topological polar surface area (TPSA) is 214 Å². The lowest BCUT2D eigenvalue weighted by molar-refractivity contribution is -0.183. The zero-order valence-electron chi connectivity index (χ0n) is 35.2. The molecular weight excluding hydrogens is 784 g/mol. The van der Waals surface area contributed by atoms with Crippen molar-refractivity contribution < 1.29 is 84.1 Å². The van der Waals surface area contributed by atoms with Gasteiger partial charge in [0.15, 0.2) is 35.4 Å². The van der Waals surface area contributed by atoms with Crippen LogP contribution in [-0.2, 0) is 57.1 Å². The first kappa shape index (κ1) is 52.1. The Morgan fingerprint density at radius 3 is 1.79 bits per heavy atom. The quantitative estimate of drug-likeness (QED) is 0.108. The summed E-state index contributed by atoms with van der Waals surface area (Å²) in [5.74, 6) is -4.54. The number of pyridine rings is 1. The standard InChI is InChI=1S/C23H34N2O9.C17H29O6.ClH/c1-6-7-10-32-17-12-31-11-15(23(29)33-14(4)20(17)34-22(28)13(2)3)25-21(27)18-19(26)16(30-5)8-9-24-18;1-6-7-8-21-14-10-20-9-12(4)17(19)22-13(5)15(14)23-16(18)11(2)3;/h8-9,13-15,17,20,26H,6-7,10-12H2,1-5H3,(H,25,27);11-15H,4,6-10H2,1-3,5H3;1H/q;+1;/p-1/t14-,15-,17-,20-;12-,13-,14-,15-;/m00./s1. The van der Waals surface area contributed by atoms with Gasteiger partial charge in [0, 0.05) is 25.5 Å². The van der Waals surface area contributed by atoms with Gasteiger partial charge in [0.25, 0.3) is 5.91 Å². The second-order valence-electron chi connectivity index (χ2n) is 14.4. The number of hydrogen-bond acceptors (Lipinski definition) is 16. The number of unbranched alkanes of at least 4 members (excludes halogenated alkanes) is 2. The molecule has 1 amide bonds. The van der Waals surface area contributed by atoms with E-state index in [1.54, 1.807) is 41.5 Å². The lowest BCUT2D eigenvalue weighted by atomic mass is 10.1. The van der Waals surface area contributed by atoms with E-state index in [0.717, 1.165) is 25.7 Å². The molecule has 3 rings (SSSR count). The van der Waals surface area contributed by atoms with E-state index in [1.807, 2.05) is 6.92 Å². The van der Waals surface area contributed by atoms with E-state index < -0.39 is 78.1 Å². The van der Waals surface area contributed by atoms with E-state index in [2.05, 4.69) is 24.1 Å². The van der Waals surface area contributed by atoms with Gasteiger partial charge >= 0.3 is 23.9 Å². The van der Waals surface area contributed by atoms with Crippen molar-refractivity contribution >= 4 is 29.8 Å². The maximum atomic E-state index is 12.8. The average Bonchev–Trinajstić information content (AvgIpc) is 3.24. The number of halogens is 1. The molecule has 1 aromatic rings. The van der Waals surface area contributed by atoms with E-state index in [0.29, 0.717) is 13.2 Å². The van der Waals surface area contributed by atoms with Crippen LogP contribution >= 0.6 is 0 Å². The molecule has 0 radical (unpaired) electrons. The van der Waals surface area contributed by atoms with Crippen LogP contribution in [0.25, 0.3) is 0 Å². The zero-order chi connectivity index (χ0) is 42.7. The van der Waals surface area contributed by atoms with Crippen molar-refractivity contribution in [1.29, 1.82) is 0 Å². The van der Waals surface area contributed by atoms with Crippen LogP contribution in [0.4, 0.5) is 0 Å². The summed E-state index contributed by atoms with van der Waals surface area (Å²) in [6.07, 6.45) is 0.661. The molecule has 0 unspecified atom stereocenters. The van der Waals surface area contributed by atoms with Gasteiger partial charge in [-0.25, -0.2) is 14.6 Å². The monoisotopic (exact) mass is 846 g/mol. The van der Waals surface area contributed by atoms with Gasteiger partial charge in [-0.2, -0.15) is 0 Å². The third-order valence-corrected chi connectivity index (χ3v) is 8.78. The van der Waals surface area contributed by atoms with E-state index in [4.69, 9.17) is 42.6 Å². The molecule has 0 spiro atoms. The summed E-state index contributed by atoms with van der Waals surface area (Å²) in [4.78, 5) is 65.6. The first-order valence-electron chi connectivity index (χ1n) is 19.6. The van der Waals surface area contributed by atoms with E-state index in [1.165, 1.54) is 19.4 Å². The third kappa shape index (κ3) is 16.8. The number of rotatable bonds is 15. The lowest BCUT2D eigenvalue weighted by Gasteiger charge is -2.30. The van der Waals surface area contributed by atoms with Gasteiger partial charge in [-0.1, -0.05) is 54.4 Å². The fraction of sp³-hybridized carbons (Fsp3) is 0.725. The Hall–Kier alpha value is -3.90. The van der Waals surface area contributed by atoms with Crippen LogP contribution in [0.3, 0.4) is 0 Å². The summed E-state index contributed by atoms with van der Waals surface area (Å²) in [5.41, 5.74) is -0.315. The second-order valence-corrected chi connectivity index (χ2v) is 14.4. The predicted octanol–water partition coefficient (Wildman–Crippen LogP) is 0.765. The molecule has 0 saturated carbocycles. The molecule has 1 aromatic heterocycles. The highest BCUT2D eigenvalue weighted by atomic mass is 35.5. The molecule has 2 saturated heterocycles. The maximum Gasteiger partial charge on any atom is 0.357 e. The molecule has 0 aromatic carbocycles. The molecule has 2 N–H and O–H groups in total. The number of carbonyl (C=O) groups excluding carboxylic acids is 5. The Morgan fingerprint density at radius 1 is 0.845 bits per heavy atom. The zero-order valence-corrected chi connectivity index (χ0v) is 36.0. The van der Waals surface area contributed by atoms with Gasteiger partial charge in [0.05, 0.1) is 45.7 Å². The summed E-state index contributed by atoms with van der Waals surface area (Å²) < 4.78 is 50.0. The normalized spacial score (nSPS) is 25.3. The number of cyclic esters (lactones) is 2. The number of nitrogens with one attached hydrogen (secondary N) is 1. The fourth-order valence-electron chi connectivity index (χ4n) is 5.26. The summed E-state index contributed by atoms with van der Waals surface area (Å²) >= 11 is 0. The summed E-state index contributed by atoms with van der Waals surface area (Å²) in [6.45, 7) is 19.1. The molecule has 330 valence electrons. The number of esters is 4. The first-order chi connectivity index (χ1) is 27.1. The van der Waals surface area contributed by atoms with Crippen LogP contribution in [0.5, 0.6) is 11.5 Å². The Bertz CT molecular complexity index is 1430. The van der Waals surface area contributed by atoms with E-state index in [-0.39, 0.29) is 68.1 Å². The smallest absolute Gasteiger partial charge is 0.357 e. The lowest BCUT2D eigenvalue weighted by Crippen LogP contribution is -3.00. The molecule has 2 fully saturated rings. The molecule has 0 bridgehead atoms. The highest BCUT2D eigenvalue weighted by Gasteiger charge is 2.40. The van der Waals surface area contributed by atoms with Crippen LogP contribution in [0.15, 0.2) is 12.3 Å². The molecule has 58 heavy (non-hydrogen) atoms. The molecule has 0 aliphatic carbocycles. The van der Waals surface area contributed by atoms with Gasteiger partial charge in [0.1, 0.15) is 31.0 Å². The van der Waals surface area contributed by atoms with Crippen molar-refractivity contribution in [3.05, 3.63) is 24.9 Å². The Balaban J connectivity index is 0.000000613. The average molecular weight is 847 g/mol. The van der Waals surface area contributed by atoms with E-state index in [9.17, 15) is 29.1 Å². The van der Waals surface area contributed by atoms with Crippen molar-refractivity contribution in [2.24, 2.45) is 17.8 Å². The number of ether oxygens (including phenoxy) is 9. The first-order valence-corrected chi connectivity index (χ1v) is 19.6. The maximum absolute atomic E-state index is 12.8. The fourth-order valence-corrected chi connectivity index (χ4v) is 5.26. The number of carbonyl (C=O) groups is 5. The molecule has 2 aliphatic rings. The molecule has 8 atom stereocenters. The van der Waals surface area contributed by atoms with Gasteiger partial charge < -0.3 is 65.5 Å². The molecule has 2 aliphatic heterocycles. The number of aromatic hydroxyl groups is 1. The van der Waals surface area contributed by atoms with Gasteiger partial charge in [0.2, 0.25) is 5.92 Å². The predicted molar refractivity (Wildman–Crippen MR) is 204 cm³/mol. The van der Waals surface area contributed by atoms with Crippen molar-refractivity contribution in [3.8, 4) is 11.5 Å². The highest BCUT2D eigenvalue weighted by molar-refractivity contribution is 5.98. The van der Waals surface area contributed by atoms with Gasteiger partial charge in [-0.3, -0.25) is 14.4 Å². The largest absolute Gasteiger partial charge is 1.00 e. The minimum Gasteiger partial charge on any atom is -1.00 e. The highest BCUT2D eigenvalue weighted by Crippen LogP contribution is 2.28. The third-order valence-electron chi connectivity index (χ3n) is 8.78.